The Morgan fingerprint density at radius 2 is 2.29 bits per heavy atom. The second kappa shape index (κ2) is 7.87. The Morgan fingerprint density at radius 1 is 1.48 bits per heavy atom. The number of carbonyl (C=O) groups excluding carboxylic acids is 1. The Bertz CT molecular complexity index is 497. The van der Waals surface area contributed by atoms with Gasteiger partial charge in [0, 0.05) is 37.1 Å². The first-order valence-electron chi connectivity index (χ1n) is 7.15. The first-order valence-corrected chi connectivity index (χ1v) is 7.91. The number of benzene rings is 1. The summed E-state index contributed by atoms with van der Waals surface area (Å²) in [5.41, 5.74) is 0. The quantitative estimate of drug-likeness (QED) is 0.844. The van der Waals surface area contributed by atoms with Gasteiger partial charge in [-0.2, -0.15) is 0 Å². The Labute approximate surface area is 135 Å². The zero-order chi connectivity index (χ0) is 15.2. The van der Waals surface area contributed by atoms with Crippen LogP contribution in [-0.4, -0.2) is 43.1 Å². The van der Waals surface area contributed by atoms with E-state index in [0.717, 1.165) is 19.6 Å². The Kier molecular flexibility index (Phi) is 6.15. The van der Waals surface area contributed by atoms with E-state index in [2.05, 4.69) is 12.2 Å². The van der Waals surface area contributed by atoms with E-state index < -0.39 is 0 Å². The molecule has 0 spiro atoms. The molecule has 1 saturated heterocycles. The smallest absolute Gasteiger partial charge is 0.222 e. The third-order valence-electron chi connectivity index (χ3n) is 3.41. The molecule has 0 aromatic heterocycles. The van der Waals surface area contributed by atoms with Crippen LogP contribution < -0.4 is 10.1 Å². The molecule has 0 bridgehead atoms. The topological polar surface area (TPSA) is 41.6 Å². The molecule has 1 aliphatic rings. The molecule has 2 rings (SSSR count). The minimum absolute atomic E-state index is 0.189. The summed E-state index contributed by atoms with van der Waals surface area (Å²) in [6.45, 7) is 4.99. The monoisotopic (exact) mass is 330 g/mol. The van der Waals surface area contributed by atoms with Gasteiger partial charge in [0.15, 0.2) is 0 Å². The molecule has 0 saturated carbocycles. The van der Waals surface area contributed by atoms with Crippen molar-refractivity contribution < 1.29 is 9.53 Å². The number of ether oxygens (including phenoxy) is 1. The maximum atomic E-state index is 12.1. The lowest BCUT2D eigenvalue weighted by molar-refractivity contribution is -0.132. The standard InChI is InChI=1S/C15H20Cl2N2O2/c1-11-10-19(7-6-18-11)15(20)3-2-8-21-14-5-4-12(16)9-13(14)17/h4-5,9,11,18H,2-3,6-8,10H2,1H3. The number of nitrogens with one attached hydrogen (secondary N) is 1. The maximum Gasteiger partial charge on any atom is 0.222 e. The predicted molar refractivity (Wildman–Crippen MR) is 85.2 cm³/mol. The number of hydrogen-bond acceptors (Lipinski definition) is 3. The van der Waals surface area contributed by atoms with Gasteiger partial charge in [-0.3, -0.25) is 4.79 Å². The number of halogens is 2. The van der Waals surface area contributed by atoms with Crippen LogP contribution in [0.25, 0.3) is 0 Å². The lowest BCUT2D eigenvalue weighted by Crippen LogP contribution is -2.51. The van der Waals surface area contributed by atoms with Crippen molar-refractivity contribution in [2.45, 2.75) is 25.8 Å². The molecule has 21 heavy (non-hydrogen) atoms. The van der Waals surface area contributed by atoms with Gasteiger partial charge in [0.25, 0.3) is 0 Å². The molecule has 4 nitrogen and oxygen atoms in total. The van der Waals surface area contributed by atoms with Crippen molar-refractivity contribution in [2.75, 3.05) is 26.2 Å². The molecule has 1 amide bonds. The minimum atomic E-state index is 0.189. The van der Waals surface area contributed by atoms with Crippen molar-refractivity contribution in [1.82, 2.24) is 10.2 Å². The van der Waals surface area contributed by atoms with Gasteiger partial charge in [-0.25, -0.2) is 0 Å². The van der Waals surface area contributed by atoms with E-state index in [1.54, 1.807) is 18.2 Å². The van der Waals surface area contributed by atoms with Gasteiger partial charge in [0.1, 0.15) is 5.75 Å². The van der Waals surface area contributed by atoms with Crippen molar-refractivity contribution in [1.29, 1.82) is 0 Å². The van der Waals surface area contributed by atoms with Crippen LogP contribution >= 0.6 is 23.2 Å². The number of rotatable bonds is 5. The molecule has 1 fully saturated rings. The molecule has 0 aliphatic carbocycles. The average Bonchev–Trinajstić information content (AvgIpc) is 2.45. The molecule has 1 aromatic rings. The van der Waals surface area contributed by atoms with Crippen LogP contribution in [0, 0.1) is 0 Å². The van der Waals surface area contributed by atoms with Crippen molar-refractivity contribution in [2.24, 2.45) is 0 Å². The van der Waals surface area contributed by atoms with Gasteiger partial charge in [0.05, 0.1) is 11.6 Å². The van der Waals surface area contributed by atoms with Crippen LogP contribution in [0.15, 0.2) is 18.2 Å². The second-order valence-corrected chi connectivity index (χ2v) is 6.07. The molecule has 1 heterocycles. The normalized spacial score (nSPS) is 18.6. The van der Waals surface area contributed by atoms with Gasteiger partial charge < -0.3 is 15.0 Å². The van der Waals surface area contributed by atoms with E-state index in [9.17, 15) is 4.79 Å². The molecule has 0 radical (unpaired) electrons. The molecule has 1 aromatic carbocycles. The highest BCUT2D eigenvalue weighted by molar-refractivity contribution is 6.35. The number of amides is 1. The molecular formula is C15H20Cl2N2O2. The van der Waals surface area contributed by atoms with Crippen molar-refractivity contribution >= 4 is 29.1 Å². The zero-order valence-electron chi connectivity index (χ0n) is 12.1. The molecule has 1 aliphatic heterocycles. The summed E-state index contributed by atoms with van der Waals surface area (Å²) in [5.74, 6) is 0.790. The van der Waals surface area contributed by atoms with E-state index in [-0.39, 0.29) is 5.91 Å². The van der Waals surface area contributed by atoms with Crippen LogP contribution in [0.5, 0.6) is 5.75 Å². The van der Waals surface area contributed by atoms with E-state index >= 15 is 0 Å². The zero-order valence-corrected chi connectivity index (χ0v) is 13.6. The van der Waals surface area contributed by atoms with Crippen LogP contribution in [0.4, 0.5) is 0 Å². The molecule has 1 N–H and O–H groups in total. The summed E-state index contributed by atoms with van der Waals surface area (Å²) in [6.07, 6.45) is 1.17. The number of piperazine rings is 1. The Hall–Kier alpha value is -0.970. The first kappa shape index (κ1) is 16.4. The lowest BCUT2D eigenvalue weighted by atomic mass is 10.2. The first-order chi connectivity index (χ1) is 10.1. The van der Waals surface area contributed by atoms with Gasteiger partial charge >= 0.3 is 0 Å². The van der Waals surface area contributed by atoms with E-state index in [4.69, 9.17) is 27.9 Å². The molecular weight excluding hydrogens is 311 g/mol. The highest BCUT2D eigenvalue weighted by Gasteiger charge is 2.19. The molecule has 6 heteroatoms. The van der Waals surface area contributed by atoms with Crippen molar-refractivity contribution in [3.05, 3.63) is 28.2 Å². The average molecular weight is 331 g/mol. The lowest BCUT2D eigenvalue weighted by Gasteiger charge is -2.32. The molecule has 1 atom stereocenters. The van der Waals surface area contributed by atoms with Crippen molar-refractivity contribution in [3.8, 4) is 5.75 Å². The maximum absolute atomic E-state index is 12.1. The second-order valence-electron chi connectivity index (χ2n) is 5.22. The van der Waals surface area contributed by atoms with Gasteiger partial charge in [-0.05, 0) is 31.5 Å². The fourth-order valence-electron chi connectivity index (χ4n) is 2.31. The number of hydrogen-bond donors (Lipinski definition) is 1. The minimum Gasteiger partial charge on any atom is -0.492 e. The Balaban J connectivity index is 1.70. The fraction of sp³-hybridized carbons (Fsp3) is 0.533. The number of carbonyl (C=O) groups is 1. The number of nitrogens with zero attached hydrogens (tertiary/aromatic N) is 1. The highest BCUT2D eigenvalue weighted by atomic mass is 35.5. The molecule has 116 valence electrons. The van der Waals surface area contributed by atoms with Gasteiger partial charge in [-0.15, -0.1) is 0 Å². The van der Waals surface area contributed by atoms with E-state index in [0.29, 0.717) is 41.3 Å². The summed E-state index contributed by atoms with van der Waals surface area (Å²) in [6, 6.07) is 5.48. The van der Waals surface area contributed by atoms with Crippen LogP contribution in [-0.2, 0) is 4.79 Å². The summed E-state index contributed by atoms with van der Waals surface area (Å²) < 4.78 is 5.58. The van der Waals surface area contributed by atoms with E-state index in [1.807, 2.05) is 4.90 Å². The van der Waals surface area contributed by atoms with Gasteiger partial charge in [0.2, 0.25) is 5.91 Å². The SMILES string of the molecule is CC1CN(C(=O)CCCOc2ccc(Cl)cc2Cl)CCN1. The third-order valence-corrected chi connectivity index (χ3v) is 3.94. The largest absolute Gasteiger partial charge is 0.492 e. The van der Waals surface area contributed by atoms with Crippen LogP contribution in [0.2, 0.25) is 10.0 Å². The predicted octanol–water partition coefficient (Wildman–Crippen LogP) is 2.97. The van der Waals surface area contributed by atoms with Crippen molar-refractivity contribution in [3.63, 3.8) is 0 Å². The summed E-state index contributed by atoms with van der Waals surface area (Å²) >= 11 is 11.8. The summed E-state index contributed by atoms with van der Waals surface area (Å²) in [4.78, 5) is 14.0. The fourth-order valence-corrected chi connectivity index (χ4v) is 2.78. The van der Waals surface area contributed by atoms with E-state index in [1.165, 1.54) is 0 Å². The van der Waals surface area contributed by atoms with Crippen LogP contribution in [0.1, 0.15) is 19.8 Å². The summed E-state index contributed by atoms with van der Waals surface area (Å²) in [7, 11) is 0. The Morgan fingerprint density at radius 3 is 3.00 bits per heavy atom. The third kappa shape index (κ3) is 5.06. The highest BCUT2D eigenvalue weighted by Crippen LogP contribution is 2.27. The van der Waals surface area contributed by atoms with Crippen LogP contribution in [0.3, 0.4) is 0 Å². The summed E-state index contributed by atoms with van der Waals surface area (Å²) in [5, 5.41) is 4.39. The molecule has 1 unspecified atom stereocenters. The van der Waals surface area contributed by atoms with Gasteiger partial charge in [-0.1, -0.05) is 23.2 Å².